The minimum Gasteiger partial charge on any atom is -0.455 e. The molecule has 2 aromatic rings. The summed E-state index contributed by atoms with van der Waals surface area (Å²) in [6.07, 6.45) is 5.40. The number of amides is 1. The molecule has 1 saturated carbocycles. The lowest BCUT2D eigenvalue weighted by atomic mass is 9.88. The van der Waals surface area contributed by atoms with Crippen molar-refractivity contribution in [2.24, 2.45) is 5.92 Å². The Labute approximate surface area is 141 Å². The summed E-state index contributed by atoms with van der Waals surface area (Å²) in [4.78, 5) is 12.5. The van der Waals surface area contributed by atoms with Gasteiger partial charge in [0.2, 0.25) is 5.91 Å². The SMILES string of the molecule is O=C(Nc1cc(Cl)ccc1Oc1ccccc1)C1CCCCC1. The molecule has 0 saturated heterocycles. The van der Waals surface area contributed by atoms with E-state index in [9.17, 15) is 4.79 Å². The van der Waals surface area contributed by atoms with Gasteiger partial charge < -0.3 is 10.1 Å². The van der Waals surface area contributed by atoms with Crippen molar-refractivity contribution >= 4 is 23.2 Å². The quantitative estimate of drug-likeness (QED) is 0.787. The van der Waals surface area contributed by atoms with Crippen LogP contribution in [0.25, 0.3) is 0 Å². The Bertz CT molecular complexity index is 666. The van der Waals surface area contributed by atoms with Crippen molar-refractivity contribution in [2.75, 3.05) is 5.32 Å². The molecule has 0 aliphatic heterocycles. The van der Waals surface area contributed by atoms with Gasteiger partial charge in [0, 0.05) is 10.9 Å². The van der Waals surface area contributed by atoms with Crippen molar-refractivity contribution in [3.05, 3.63) is 53.6 Å². The summed E-state index contributed by atoms with van der Waals surface area (Å²) < 4.78 is 5.88. The monoisotopic (exact) mass is 329 g/mol. The van der Waals surface area contributed by atoms with Crippen LogP contribution in [0.1, 0.15) is 32.1 Å². The molecule has 3 rings (SSSR count). The molecule has 4 heteroatoms. The van der Waals surface area contributed by atoms with Crippen LogP contribution >= 0.6 is 11.6 Å². The van der Waals surface area contributed by atoms with Gasteiger partial charge in [-0.1, -0.05) is 49.1 Å². The van der Waals surface area contributed by atoms with Crippen LogP contribution in [-0.2, 0) is 4.79 Å². The van der Waals surface area contributed by atoms with Gasteiger partial charge in [-0.3, -0.25) is 4.79 Å². The van der Waals surface area contributed by atoms with Crippen molar-refractivity contribution < 1.29 is 9.53 Å². The molecule has 1 aliphatic carbocycles. The smallest absolute Gasteiger partial charge is 0.227 e. The number of para-hydroxylation sites is 1. The number of nitrogens with one attached hydrogen (secondary N) is 1. The zero-order chi connectivity index (χ0) is 16.1. The first-order valence-electron chi connectivity index (χ1n) is 8.06. The van der Waals surface area contributed by atoms with Gasteiger partial charge in [0.15, 0.2) is 5.75 Å². The molecule has 23 heavy (non-hydrogen) atoms. The fourth-order valence-electron chi connectivity index (χ4n) is 2.90. The lowest BCUT2D eigenvalue weighted by molar-refractivity contribution is -0.120. The van der Waals surface area contributed by atoms with Crippen LogP contribution in [-0.4, -0.2) is 5.91 Å². The summed E-state index contributed by atoms with van der Waals surface area (Å²) in [5.74, 6) is 1.48. The van der Waals surface area contributed by atoms with Crippen LogP contribution in [0, 0.1) is 5.92 Å². The second kappa shape index (κ2) is 7.51. The first-order valence-corrected chi connectivity index (χ1v) is 8.43. The zero-order valence-electron chi connectivity index (χ0n) is 12.9. The Morgan fingerprint density at radius 1 is 1.04 bits per heavy atom. The average molecular weight is 330 g/mol. The third-order valence-corrected chi connectivity index (χ3v) is 4.38. The molecule has 0 radical (unpaired) electrons. The second-order valence-electron chi connectivity index (χ2n) is 5.88. The fourth-order valence-corrected chi connectivity index (χ4v) is 3.08. The number of hydrogen-bond acceptors (Lipinski definition) is 2. The summed E-state index contributed by atoms with van der Waals surface area (Å²) in [5, 5.41) is 3.57. The summed E-state index contributed by atoms with van der Waals surface area (Å²) >= 11 is 6.08. The maximum absolute atomic E-state index is 12.5. The minimum absolute atomic E-state index is 0.0601. The summed E-state index contributed by atoms with van der Waals surface area (Å²) in [6.45, 7) is 0. The zero-order valence-corrected chi connectivity index (χ0v) is 13.7. The number of anilines is 1. The first-order chi connectivity index (χ1) is 11.2. The highest BCUT2D eigenvalue weighted by atomic mass is 35.5. The molecular weight excluding hydrogens is 310 g/mol. The van der Waals surface area contributed by atoms with E-state index in [1.54, 1.807) is 18.2 Å². The first kappa shape index (κ1) is 15.9. The number of halogens is 1. The van der Waals surface area contributed by atoms with Crippen molar-refractivity contribution in [3.8, 4) is 11.5 Å². The Kier molecular flexibility index (Phi) is 5.19. The molecule has 0 aromatic heterocycles. The summed E-state index contributed by atoms with van der Waals surface area (Å²) in [5.41, 5.74) is 0.622. The number of rotatable bonds is 4. The van der Waals surface area contributed by atoms with E-state index in [-0.39, 0.29) is 11.8 Å². The number of carbonyl (C=O) groups excluding carboxylic acids is 1. The topological polar surface area (TPSA) is 38.3 Å². The van der Waals surface area contributed by atoms with Crippen molar-refractivity contribution in [3.63, 3.8) is 0 Å². The normalized spacial score (nSPS) is 15.2. The van der Waals surface area contributed by atoms with Crippen LogP contribution in [0.5, 0.6) is 11.5 Å². The van der Waals surface area contributed by atoms with Gasteiger partial charge in [-0.15, -0.1) is 0 Å². The van der Waals surface area contributed by atoms with E-state index >= 15 is 0 Å². The predicted octanol–water partition coefficient (Wildman–Crippen LogP) is 5.65. The van der Waals surface area contributed by atoms with Crippen LogP contribution in [0.2, 0.25) is 5.02 Å². The van der Waals surface area contributed by atoms with Gasteiger partial charge in [-0.2, -0.15) is 0 Å². The molecule has 1 aliphatic rings. The maximum atomic E-state index is 12.5. The molecule has 0 heterocycles. The number of ether oxygens (including phenoxy) is 1. The third-order valence-electron chi connectivity index (χ3n) is 4.15. The van der Waals surface area contributed by atoms with E-state index < -0.39 is 0 Å². The van der Waals surface area contributed by atoms with E-state index in [2.05, 4.69) is 5.32 Å². The molecule has 2 aromatic carbocycles. The van der Waals surface area contributed by atoms with Crippen LogP contribution in [0.4, 0.5) is 5.69 Å². The lowest BCUT2D eigenvalue weighted by Gasteiger charge is -2.21. The molecule has 0 atom stereocenters. The summed E-state index contributed by atoms with van der Waals surface area (Å²) in [6, 6.07) is 14.8. The van der Waals surface area contributed by atoms with Gasteiger partial charge in [-0.05, 0) is 43.2 Å². The lowest BCUT2D eigenvalue weighted by Crippen LogP contribution is -2.24. The van der Waals surface area contributed by atoms with Crippen LogP contribution < -0.4 is 10.1 Å². The molecule has 1 N–H and O–H groups in total. The van der Waals surface area contributed by atoms with Crippen LogP contribution in [0.3, 0.4) is 0 Å². The molecule has 1 fully saturated rings. The van der Waals surface area contributed by atoms with E-state index in [0.29, 0.717) is 16.5 Å². The van der Waals surface area contributed by atoms with Crippen LogP contribution in [0.15, 0.2) is 48.5 Å². The Morgan fingerprint density at radius 3 is 2.52 bits per heavy atom. The fraction of sp³-hybridized carbons (Fsp3) is 0.316. The number of hydrogen-bond donors (Lipinski definition) is 1. The van der Waals surface area contributed by atoms with E-state index in [0.717, 1.165) is 31.4 Å². The van der Waals surface area contributed by atoms with Gasteiger partial charge >= 0.3 is 0 Å². The minimum atomic E-state index is 0.0601. The van der Waals surface area contributed by atoms with Gasteiger partial charge in [0.25, 0.3) is 0 Å². The molecule has 0 spiro atoms. The molecule has 1 amide bonds. The Balaban J connectivity index is 1.77. The highest BCUT2D eigenvalue weighted by molar-refractivity contribution is 6.31. The molecule has 0 bridgehead atoms. The van der Waals surface area contributed by atoms with Crippen molar-refractivity contribution in [2.45, 2.75) is 32.1 Å². The molecule has 0 unspecified atom stereocenters. The van der Waals surface area contributed by atoms with Gasteiger partial charge in [-0.25, -0.2) is 0 Å². The van der Waals surface area contributed by atoms with Crippen molar-refractivity contribution in [1.82, 2.24) is 0 Å². The van der Waals surface area contributed by atoms with E-state index in [4.69, 9.17) is 16.3 Å². The Hall–Kier alpha value is -2.00. The largest absolute Gasteiger partial charge is 0.455 e. The van der Waals surface area contributed by atoms with E-state index in [1.165, 1.54) is 6.42 Å². The second-order valence-corrected chi connectivity index (χ2v) is 6.32. The van der Waals surface area contributed by atoms with E-state index in [1.807, 2.05) is 30.3 Å². The Morgan fingerprint density at radius 2 is 1.78 bits per heavy atom. The van der Waals surface area contributed by atoms with Gasteiger partial charge in [0.1, 0.15) is 5.75 Å². The number of carbonyl (C=O) groups is 1. The standard InChI is InChI=1S/C19H20ClNO2/c20-15-11-12-18(23-16-9-5-2-6-10-16)17(13-15)21-19(22)14-7-3-1-4-8-14/h2,5-6,9-14H,1,3-4,7-8H2,(H,21,22). The van der Waals surface area contributed by atoms with Gasteiger partial charge in [0.05, 0.1) is 5.69 Å². The molecule has 3 nitrogen and oxygen atoms in total. The third kappa shape index (κ3) is 4.26. The highest BCUT2D eigenvalue weighted by Crippen LogP contribution is 2.33. The number of benzene rings is 2. The molecular formula is C19H20ClNO2. The highest BCUT2D eigenvalue weighted by Gasteiger charge is 2.22. The summed E-state index contributed by atoms with van der Waals surface area (Å²) in [7, 11) is 0. The van der Waals surface area contributed by atoms with Crippen molar-refractivity contribution in [1.29, 1.82) is 0 Å². The predicted molar refractivity (Wildman–Crippen MR) is 93.2 cm³/mol. The maximum Gasteiger partial charge on any atom is 0.227 e. The average Bonchev–Trinajstić information content (AvgIpc) is 2.59. The molecule has 120 valence electrons.